The van der Waals surface area contributed by atoms with E-state index >= 15 is 0 Å². The lowest BCUT2D eigenvalue weighted by atomic mass is 10.2. The van der Waals surface area contributed by atoms with E-state index in [4.69, 9.17) is 10.4 Å². The second-order valence-electron chi connectivity index (χ2n) is 3.67. The molecule has 0 aliphatic carbocycles. The number of nitriles is 1. The summed E-state index contributed by atoms with van der Waals surface area (Å²) in [5, 5.41) is 19.2. The average Bonchev–Trinajstić information content (AvgIpc) is 2.67. The van der Waals surface area contributed by atoms with Gasteiger partial charge in [-0.3, -0.25) is 0 Å². The Morgan fingerprint density at radius 1 is 1.69 bits per heavy atom. The van der Waals surface area contributed by atoms with Gasteiger partial charge in [-0.25, -0.2) is 4.79 Å². The lowest BCUT2D eigenvalue weighted by Gasteiger charge is -2.26. The molecule has 0 amide bonds. The normalized spacial score (nSPS) is 10.1. The van der Waals surface area contributed by atoms with E-state index in [9.17, 15) is 4.79 Å². The van der Waals surface area contributed by atoms with Gasteiger partial charge in [-0.15, -0.1) is 11.3 Å². The van der Waals surface area contributed by atoms with Gasteiger partial charge in [0.2, 0.25) is 0 Å². The molecule has 0 radical (unpaired) electrons. The third-order valence-corrected chi connectivity index (χ3v) is 3.12. The first-order valence-corrected chi connectivity index (χ1v) is 5.89. The molecular formula is C11H14N2O2S. The van der Waals surface area contributed by atoms with Crippen molar-refractivity contribution in [2.75, 3.05) is 11.4 Å². The number of carboxylic acids is 1. The second kappa shape index (κ2) is 5.52. The van der Waals surface area contributed by atoms with Crippen LogP contribution < -0.4 is 4.90 Å². The number of hydrogen-bond acceptors (Lipinski definition) is 4. The van der Waals surface area contributed by atoms with Crippen LogP contribution in [0.5, 0.6) is 0 Å². The maximum Gasteiger partial charge on any atom is 0.345 e. The Bertz CT molecular complexity index is 406. The van der Waals surface area contributed by atoms with Gasteiger partial charge >= 0.3 is 5.97 Å². The zero-order valence-electron chi connectivity index (χ0n) is 9.30. The summed E-state index contributed by atoms with van der Waals surface area (Å²) in [6, 6.07) is 4.01. The molecule has 0 saturated carbocycles. The predicted molar refractivity (Wildman–Crippen MR) is 64.0 cm³/mol. The molecule has 0 saturated heterocycles. The number of nitrogens with zero attached hydrogens (tertiary/aromatic N) is 2. The van der Waals surface area contributed by atoms with Crippen LogP contribution in [0.4, 0.5) is 5.69 Å². The summed E-state index contributed by atoms with van der Waals surface area (Å²) in [6.45, 7) is 4.68. The van der Waals surface area contributed by atoms with Crippen molar-refractivity contribution in [2.45, 2.75) is 26.3 Å². The number of hydrogen-bond donors (Lipinski definition) is 1. The number of thiophene rings is 1. The number of aromatic carboxylic acids is 1. The number of carboxylic acid groups (broad SMARTS) is 1. The molecule has 1 aromatic rings. The summed E-state index contributed by atoms with van der Waals surface area (Å²) in [5.41, 5.74) is 0.882. The van der Waals surface area contributed by atoms with Gasteiger partial charge in [-0.1, -0.05) is 0 Å². The minimum atomic E-state index is -0.903. The minimum absolute atomic E-state index is 0.254. The molecule has 0 aliphatic heterocycles. The smallest absolute Gasteiger partial charge is 0.345 e. The SMILES string of the molecule is CC(C)N(CCC#N)c1csc(C(=O)O)c1. The van der Waals surface area contributed by atoms with Crippen LogP contribution in [-0.2, 0) is 0 Å². The highest BCUT2D eigenvalue weighted by molar-refractivity contribution is 7.12. The molecule has 0 spiro atoms. The highest BCUT2D eigenvalue weighted by Gasteiger charge is 2.14. The average molecular weight is 238 g/mol. The van der Waals surface area contributed by atoms with Gasteiger partial charge < -0.3 is 10.0 Å². The fraction of sp³-hybridized carbons (Fsp3) is 0.455. The largest absolute Gasteiger partial charge is 0.477 e. The number of carbonyl (C=O) groups is 1. The Morgan fingerprint density at radius 3 is 2.81 bits per heavy atom. The van der Waals surface area contributed by atoms with E-state index in [0.29, 0.717) is 17.8 Å². The zero-order chi connectivity index (χ0) is 12.1. The first-order valence-electron chi connectivity index (χ1n) is 5.01. The molecule has 1 heterocycles. The van der Waals surface area contributed by atoms with Crippen LogP contribution in [0.25, 0.3) is 0 Å². The van der Waals surface area contributed by atoms with Crippen LogP contribution >= 0.6 is 11.3 Å². The Morgan fingerprint density at radius 2 is 2.38 bits per heavy atom. The summed E-state index contributed by atoms with van der Waals surface area (Å²) in [5.74, 6) is -0.903. The molecular weight excluding hydrogens is 224 g/mol. The lowest BCUT2D eigenvalue weighted by Crippen LogP contribution is -2.31. The lowest BCUT2D eigenvalue weighted by molar-refractivity contribution is 0.0702. The van der Waals surface area contributed by atoms with Crippen LogP contribution in [0.2, 0.25) is 0 Å². The predicted octanol–water partition coefficient (Wildman–Crippen LogP) is 2.57. The molecule has 1 aromatic heterocycles. The van der Waals surface area contributed by atoms with Crippen LogP contribution in [0.15, 0.2) is 11.4 Å². The van der Waals surface area contributed by atoms with Crippen molar-refractivity contribution in [3.8, 4) is 6.07 Å². The zero-order valence-corrected chi connectivity index (χ0v) is 10.1. The summed E-state index contributed by atoms with van der Waals surface area (Å²) in [6.07, 6.45) is 0.441. The van der Waals surface area contributed by atoms with Crippen molar-refractivity contribution >= 4 is 23.0 Å². The van der Waals surface area contributed by atoms with E-state index in [1.807, 2.05) is 24.1 Å². The van der Waals surface area contributed by atoms with E-state index in [1.165, 1.54) is 11.3 Å². The standard InChI is InChI=1S/C11H14N2O2S/c1-8(2)13(5-3-4-12)9-6-10(11(14)15)16-7-9/h6-8H,3,5H2,1-2H3,(H,14,15). The molecule has 0 unspecified atom stereocenters. The van der Waals surface area contributed by atoms with Gasteiger partial charge in [0.25, 0.3) is 0 Å². The van der Waals surface area contributed by atoms with E-state index in [-0.39, 0.29) is 6.04 Å². The van der Waals surface area contributed by atoms with Crippen molar-refractivity contribution in [2.24, 2.45) is 0 Å². The maximum absolute atomic E-state index is 10.8. The summed E-state index contributed by atoms with van der Waals surface area (Å²) in [4.78, 5) is 13.1. The highest BCUT2D eigenvalue weighted by atomic mass is 32.1. The second-order valence-corrected chi connectivity index (χ2v) is 4.58. The molecule has 0 aromatic carbocycles. The molecule has 0 bridgehead atoms. The van der Waals surface area contributed by atoms with Crippen molar-refractivity contribution in [1.82, 2.24) is 0 Å². The molecule has 1 rings (SSSR count). The summed E-state index contributed by atoms with van der Waals surface area (Å²) < 4.78 is 0. The van der Waals surface area contributed by atoms with Crippen molar-refractivity contribution in [1.29, 1.82) is 5.26 Å². The molecule has 0 fully saturated rings. The fourth-order valence-corrected chi connectivity index (χ4v) is 2.19. The quantitative estimate of drug-likeness (QED) is 0.856. The van der Waals surface area contributed by atoms with Crippen LogP contribution in [0.3, 0.4) is 0 Å². The number of anilines is 1. The topological polar surface area (TPSA) is 64.3 Å². The van der Waals surface area contributed by atoms with Crippen LogP contribution in [-0.4, -0.2) is 23.7 Å². The summed E-state index contributed by atoms with van der Waals surface area (Å²) in [7, 11) is 0. The molecule has 5 heteroatoms. The van der Waals surface area contributed by atoms with Gasteiger partial charge in [0.05, 0.1) is 12.5 Å². The van der Waals surface area contributed by atoms with E-state index in [0.717, 1.165) is 5.69 Å². The Hall–Kier alpha value is -1.54. The highest BCUT2D eigenvalue weighted by Crippen LogP contribution is 2.25. The summed E-state index contributed by atoms with van der Waals surface area (Å²) >= 11 is 1.21. The van der Waals surface area contributed by atoms with Crippen molar-refractivity contribution in [3.05, 3.63) is 16.3 Å². The van der Waals surface area contributed by atoms with Gasteiger partial charge in [-0.2, -0.15) is 5.26 Å². The van der Waals surface area contributed by atoms with E-state index in [2.05, 4.69) is 6.07 Å². The number of rotatable bonds is 5. The van der Waals surface area contributed by atoms with E-state index < -0.39 is 5.97 Å². The van der Waals surface area contributed by atoms with Crippen molar-refractivity contribution in [3.63, 3.8) is 0 Å². The van der Waals surface area contributed by atoms with Gasteiger partial charge in [0.15, 0.2) is 0 Å². The molecule has 1 N–H and O–H groups in total. The third kappa shape index (κ3) is 2.97. The van der Waals surface area contributed by atoms with Gasteiger partial charge in [-0.05, 0) is 19.9 Å². The Kier molecular flexibility index (Phi) is 4.32. The first-order chi connectivity index (χ1) is 7.56. The molecule has 16 heavy (non-hydrogen) atoms. The first kappa shape index (κ1) is 12.5. The molecule has 86 valence electrons. The van der Waals surface area contributed by atoms with Gasteiger partial charge in [0, 0.05) is 23.7 Å². The van der Waals surface area contributed by atoms with Crippen LogP contribution in [0.1, 0.15) is 29.9 Å². The maximum atomic E-state index is 10.8. The minimum Gasteiger partial charge on any atom is -0.477 e. The third-order valence-electron chi connectivity index (χ3n) is 2.22. The van der Waals surface area contributed by atoms with Crippen molar-refractivity contribution < 1.29 is 9.90 Å². The van der Waals surface area contributed by atoms with E-state index in [1.54, 1.807) is 6.07 Å². The molecule has 0 aliphatic rings. The molecule has 4 nitrogen and oxygen atoms in total. The van der Waals surface area contributed by atoms with Crippen LogP contribution in [0, 0.1) is 11.3 Å². The Balaban J connectivity index is 2.85. The fourth-order valence-electron chi connectivity index (χ4n) is 1.44. The Labute approximate surface area is 98.7 Å². The van der Waals surface area contributed by atoms with Gasteiger partial charge in [0.1, 0.15) is 4.88 Å². The molecule has 0 atom stereocenters. The monoisotopic (exact) mass is 238 g/mol.